The van der Waals surface area contributed by atoms with Crippen LogP contribution in [0.3, 0.4) is 0 Å². The highest BCUT2D eigenvalue weighted by atomic mass is 35.5. The number of halogens is 1. The molecule has 35 heavy (non-hydrogen) atoms. The van der Waals surface area contributed by atoms with Crippen LogP contribution >= 0.6 is 11.6 Å². The van der Waals surface area contributed by atoms with Crippen molar-refractivity contribution >= 4 is 29.0 Å². The van der Waals surface area contributed by atoms with E-state index in [0.29, 0.717) is 16.5 Å². The van der Waals surface area contributed by atoms with Crippen molar-refractivity contribution in [3.05, 3.63) is 104 Å². The molecular weight excluding hydrogens is 470 g/mol. The molecule has 4 aromatic rings. The summed E-state index contributed by atoms with van der Waals surface area (Å²) in [7, 11) is 1.56. The van der Waals surface area contributed by atoms with Crippen LogP contribution in [0.4, 0.5) is 11.5 Å². The molecular formula is C25H24ClN5O4. The van der Waals surface area contributed by atoms with Crippen molar-refractivity contribution in [2.45, 2.75) is 13.1 Å². The summed E-state index contributed by atoms with van der Waals surface area (Å²) in [6.07, 6.45) is 0. The van der Waals surface area contributed by atoms with Crippen LogP contribution in [0.2, 0.25) is 5.02 Å². The molecule has 9 nitrogen and oxygen atoms in total. The monoisotopic (exact) mass is 493 g/mol. The van der Waals surface area contributed by atoms with Gasteiger partial charge in [-0.25, -0.2) is 4.79 Å². The molecule has 2 aromatic heterocycles. The predicted molar refractivity (Wildman–Crippen MR) is 136 cm³/mol. The van der Waals surface area contributed by atoms with Crippen LogP contribution < -0.4 is 27.2 Å². The van der Waals surface area contributed by atoms with Crippen LogP contribution in [-0.2, 0) is 17.9 Å². The number of likely N-dealkylation sites (N-methyl/N-ethyl adjacent to an activating group) is 1. The second-order valence-electron chi connectivity index (χ2n) is 7.97. The molecule has 0 aliphatic carbocycles. The number of aromatic nitrogens is 2. The van der Waals surface area contributed by atoms with Gasteiger partial charge in [-0.3, -0.25) is 19.1 Å². The van der Waals surface area contributed by atoms with Gasteiger partial charge in [0.25, 0.3) is 5.56 Å². The third-order valence-corrected chi connectivity index (χ3v) is 5.66. The first-order chi connectivity index (χ1) is 16.8. The fourth-order valence-electron chi connectivity index (χ4n) is 3.65. The number of H-pyrrole nitrogens is 1. The molecule has 0 aliphatic rings. The minimum atomic E-state index is -0.661. The van der Waals surface area contributed by atoms with Crippen LogP contribution in [-0.4, -0.2) is 29.1 Å². The summed E-state index contributed by atoms with van der Waals surface area (Å²) >= 11 is 5.92. The van der Waals surface area contributed by atoms with E-state index in [1.165, 1.54) is 9.47 Å². The first kappa shape index (κ1) is 23.9. The van der Waals surface area contributed by atoms with E-state index >= 15 is 0 Å². The number of nitrogens with two attached hydrogens (primary N) is 1. The lowest BCUT2D eigenvalue weighted by molar-refractivity contribution is -0.119. The topological polar surface area (TPSA) is 126 Å². The first-order valence-electron chi connectivity index (χ1n) is 10.8. The van der Waals surface area contributed by atoms with E-state index in [9.17, 15) is 14.4 Å². The number of hydrogen-bond acceptors (Lipinski definition) is 6. The van der Waals surface area contributed by atoms with Gasteiger partial charge >= 0.3 is 5.69 Å². The number of amides is 1. The number of nitrogen functional groups attached to an aromatic ring is 1. The molecule has 0 fully saturated rings. The van der Waals surface area contributed by atoms with Crippen molar-refractivity contribution in [2.75, 3.05) is 24.2 Å². The van der Waals surface area contributed by atoms with Gasteiger partial charge in [-0.2, -0.15) is 0 Å². The molecule has 2 heterocycles. The number of furan rings is 1. The van der Waals surface area contributed by atoms with Gasteiger partial charge in [-0.05, 0) is 42.0 Å². The molecule has 180 valence electrons. The second-order valence-corrected chi connectivity index (χ2v) is 8.41. The van der Waals surface area contributed by atoms with Crippen LogP contribution in [0.15, 0.2) is 80.7 Å². The third kappa shape index (κ3) is 5.64. The molecule has 4 rings (SSSR count). The Kier molecular flexibility index (Phi) is 7.07. The zero-order valence-corrected chi connectivity index (χ0v) is 19.7. The Morgan fingerprint density at radius 3 is 2.51 bits per heavy atom. The Morgan fingerprint density at radius 2 is 1.80 bits per heavy atom. The molecule has 0 spiro atoms. The Morgan fingerprint density at radius 1 is 1.09 bits per heavy atom. The Hall–Kier alpha value is -4.24. The summed E-state index contributed by atoms with van der Waals surface area (Å²) in [4.78, 5) is 41.1. The quantitative estimate of drug-likeness (QED) is 0.346. The third-order valence-electron chi connectivity index (χ3n) is 5.41. The van der Waals surface area contributed by atoms with E-state index < -0.39 is 11.2 Å². The van der Waals surface area contributed by atoms with Gasteiger partial charge in [0, 0.05) is 17.6 Å². The molecule has 0 atom stereocenters. The van der Waals surface area contributed by atoms with Crippen molar-refractivity contribution in [3.8, 4) is 11.3 Å². The average molecular weight is 494 g/mol. The number of anilines is 2. The number of nitrogens with one attached hydrogen (secondary N) is 2. The lowest BCUT2D eigenvalue weighted by Gasteiger charge is -2.21. The van der Waals surface area contributed by atoms with Crippen LogP contribution in [0.5, 0.6) is 0 Å². The standard InChI is InChI=1S/C25H24ClN5O4/c1-30(22-23(27)31(25(34)29-24(22)33)14-16-5-3-2-4-6-16)15-21(32)28-13-19-11-12-20(35-19)17-7-9-18(26)10-8-17/h2-12H,13-15,27H2,1H3,(H,28,32)(H,29,33,34). The number of hydrogen-bond donors (Lipinski definition) is 3. The summed E-state index contributed by atoms with van der Waals surface area (Å²) < 4.78 is 7.05. The number of carbonyl (C=O) groups excluding carboxylic acids is 1. The number of carbonyl (C=O) groups is 1. The van der Waals surface area contributed by atoms with Gasteiger partial charge in [-0.15, -0.1) is 0 Å². The molecule has 1 amide bonds. The first-order valence-corrected chi connectivity index (χ1v) is 11.2. The van der Waals surface area contributed by atoms with Gasteiger partial charge in [0.1, 0.15) is 23.0 Å². The normalized spacial score (nSPS) is 10.8. The van der Waals surface area contributed by atoms with Crippen molar-refractivity contribution in [2.24, 2.45) is 0 Å². The molecule has 0 radical (unpaired) electrons. The maximum absolute atomic E-state index is 12.5. The molecule has 0 saturated carbocycles. The predicted octanol–water partition coefficient (Wildman–Crippen LogP) is 2.83. The van der Waals surface area contributed by atoms with Crippen LogP contribution in [0, 0.1) is 0 Å². The van der Waals surface area contributed by atoms with Crippen molar-refractivity contribution in [1.29, 1.82) is 0 Å². The minimum Gasteiger partial charge on any atom is -0.459 e. The highest BCUT2D eigenvalue weighted by Gasteiger charge is 2.18. The Balaban J connectivity index is 1.42. The minimum absolute atomic E-state index is 0.0171. The highest BCUT2D eigenvalue weighted by Crippen LogP contribution is 2.24. The molecule has 10 heteroatoms. The van der Waals surface area contributed by atoms with Gasteiger partial charge in [-0.1, -0.05) is 41.9 Å². The van der Waals surface area contributed by atoms with Gasteiger partial charge in [0.2, 0.25) is 5.91 Å². The summed E-state index contributed by atoms with van der Waals surface area (Å²) in [5.41, 5.74) is 6.66. The molecule has 4 N–H and O–H groups in total. The fourth-order valence-corrected chi connectivity index (χ4v) is 3.77. The van der Waals surface area contributed by atoms with E-state index in [1.807, 2.05) is 48.5 Å². The van der Waals surface area contributed by atoms with Crippen molar-refractivity contribution in [3.63, 3.8) is 0 Å². The summed E-state index contributed by atoms with van der Waals surface area (Å²) in [5.74, 6) is 0.857. The average Bonchev–Trinajstić information content (AvgIpc) is 3.30. The molecule has 0 saturated heterocycles. The summed E-state index contributed by atoms with van der Waals surface area (Å²) in [6, 6.07) is 20.1. The second kappa shape index (κ2) is 10.4. The van der Waals surface area contributed by atoms with Gasteiger partial charge in [0.05, 0.1) is 19.6 Å². The molecule has 0 unspecified atom stereocenters. The molecule has 0 bridgehead atoms. The molecule has 2 aromatic carbocycles. The van der Waals surface area contributed by atoms with Gasteiger partial charge < -0.3 is 20.4 Å². The van der Waals surface area contributed by atoms with Crippen LogP contribution in [0.1, 0.15) is 11.3 Å². The van der Waals surface area contributed by atoms with Crippen molar-refractivity contribution in [1.82, 2.24) is 14.9 Å². The highest BCUT2D eigenvalue weighted by molar-refractivity contribution is 6.30. The summed E-state index contributed by atoms with van der Waals surface area (Å²) in [5, 5.41) is 3.39. The fraction of sp³-hybridized carbons (Fsp3) is 0.160. The Bertz CT molecular complexity index is 1440. The maximum atomic E-state index is 12.5. The van der Waals surface area contributed by atoms with E-state index in [0.717, 1.165) is 11.1 Å². The van der Waals surface area contributed by atoms with Crippen LogP contribution in [0.25, 0.3) is 11.3 Å². The number of aromatic amines is 1. The SMILES string of the molecule is CN(CC(=O)NCc1ccc(-c2ccc(Cl)cc2)o1)c1c(N)n(Cc2ccccc2)c(=O)[nH]c1=O. The zero-order chi connectivity index (χ0) is 24.9. The zero-order valence-electron chi connectivity index (χ0n) is 19.0. The van der Waals surface area contributed by atoms with E-state index in [1.54, 1.807) is 25.2 Å². The van der Waals surface area contributed by atoms with E-state index in [2.05, 4.69) is 10.3 Å². The van der Waals surface area contributed by atoms with Crippen molar-refractivity contribution < 1.29 is 9.21 Å². The smallest absolute Gasteiger partial charge is 0.330 e. The number of nitrogens with zero attached hydrogens (tertiary/aromatic N) is 2. The largest absolute Gasteiger partial charge is 0.459 e. The maximum Gasteiger partial charge on any atom is 0.330 e. The van der Waals surface area contributed by atoms with Gasteiger partial charge in [0.15, 0.2) is 0 Å². The number of benzene rings is 2. The molecule has 0 aliphatic heterocycles. The Labute approximate surface area is 205 Å². The van der Waals surface area contributed by atoms with E-state index in [-0.39, 0.29) is 37.0 Å². The lowest BCUT2D eigenvalue weighted by Crippen LogP contribution is -2.41. The summed E-state index contributed by atoms with van der Waals surface area (Å²) in [6.45, 7) is 0.199. The van der Waals surface area contributed by atoms with E-state index in [4.69, 9.17) is 21.8 Å². The lowest BCUT2D eigenvalue weighted by atomic mass is 10.2. The number of rotatable bonds is 8.